The summed E-state index contributed by atoms with van der Waals surface area (Å²) in [6, 6.07) is 15.0. The predicted molar refractivity (Wildman–Crippen MR) is 145 cm³/mol. The van der Waals surface area contributed by atoms with Crippen LogP contribution in [0.15, 0.2) is 59.5 Å². The summed E-state index contributed by atoms with van der Waals surface area (Å²) >= 11 is 0. The predicted octanol–water partition coefficient (Wildman–Crippen LogP) is 7.21. The van der Waals surface area contributed by atoms with Gasteiger partial charge in [-0.25, -0.2) is 4.79 Å². The number of nitrogens with zero attached hydrogens (tertiary/aromatic N) is 1. The summed E-state index contributed by atoms with van der Waals surface area (Å²) in [7, 11) is 1.61. The standard InChI is InChI=1S/C29H37N3O3/c1-7-8-17-32-18-16-25(21-12-14-22(35-6)15-13-21)27(28(32)33)31-29(34)30-26-23(19(2)3)10-9-11-24(26)20(4)5/h9-16,18-20H,7-8,17H2,1-6H3,(H2,30,31,34). The zero-order valence-corrected chi connectivity index (χ0v) is 21.6. The van der Waals surface area contributed by atoms with Gasteiger partial charge in [0.1, 0.15) is 11.4 Å². The van der Waals surface area contributed by atoms with Crippen LogP contribution in [-0.4, -0.2) is 17.7 Å². The van der Waals surface area contributed by atoms with Crippen molar-refractivity contribution in [2.45, 2.75) is 65.8 Å². The number of nitrogens with one attached hydrogen (secondary N) is 2. The van der Waals surface area contributed by atoms with Crippen molar-refractivity contribution in [2.75, 3.05) is 17.7 Å². The number of aryl methyl sites for hydroxylation is 1. The topological polar surface area (TPSA) is 72.4 Å². The van der Waals surface area contributed by atoms with Gasteiger partial charge in [0.05, 0.1) is 7.11 Å². The molecule has 0 fully saturated rings. The fraction of sp³-hybridized carbons (Fsp3) is 0.379. The normalized spacial score (nSPS) is 11.1. The van der Waals surface area contributed by atoms with Gasteiger partial charge < -0.3 is 19.9 Å². The fourth-order valence-electron chi connectivity index (χ4n) is 4.16. The molecule has 0 aliphatic heterocycles. The van der Waals surface area contributed by atoms with E-state index in [2.05, 4.69) is 45.3 Å². The highest BCUT2D eigenvalue weighted by molar-refractivity contribution is 6.03. The highest BCUT2D eigenvalue weighted by Gasteiger charge is 2.19. The van der Waals surface area contributed by atoms with E-state index in [0.717, 1.165) is 41.0 Å². The molecule has 2 aromatic carbocycles. The molecule has 35 heavy (non-hydrogen) atoms. The van der Waals surface area contributed by atoms with E-state index in [1.165, 1.54) is 0 Å². The number of amides is 2. The third-order valence-electron chi connectivity index (χ3n) is 6.17. The molecule has 3 aromatic rings. The van der Waals surface area contributed by atoms with E-state index in [9.17, 15) is 9.59 Å². The minimum absolute atomic E-state index is 0.219. The van der Waals surface area contributed by atoms with Crippen molar-refractivity contribution in [3.63, 3.8) is 0 Å². The second kappa shape index (κ2) is 11.7. The second-order valence-electron chi connectivity index (χ2n) is 9.39. The van der Waals surface area contributed by atoms with E-state index in [1.54, 1.807) is 17.9 Å². The lowest BCUT2D eigenvalue weighted by Crippen LogP contribution is -2.29. The van der Waals surface area contributed by atoms with Crippen molar-refractivity contribution in [3.8, 4) is 16.9 Å². The first kappa shape index (κ1) is 26.1. The van der Waals surface area contributed by atoms with E-state index in [-0.39, 0.29) is 23.1 Å². The number of rotatable bonds is 9. The Morgan fingerprint density at radius 1 is 0.914 bits per heavy atom. The molecule has 0 atom stereocenters. The van der Waals surface area contributed by atoms with Crippen LogP contribution in [0.5, 0.6) is 5.75 Å². The molecule has 0 spiro atoms. The molecule has 6 nitrogen and oxygen atoms in total. The molecule has 0 saturated heterocycles. The Hall–Kier alpha value is -3.54. The van der Waals surface area contributed by atoms with Crippen LogP contribution < -0.4 is 20.9 Å². The van der Waals surface area contributed by atoms with Crippen LogP contribution in [0.3, 0.4) is 0 Å². The summed E-state index contributed by atoms with van der Waals surface area (Å²) in [5.74, 6) is 1.20. The second-order valence-corrected chi connectivity index (χ2v) is 9.39. The van der Waals surface area contributed by atoms with Gasteiger partial charge in [-0.2, -0.15) is 0 Å². The first-order valence-electron chi connectivity index (χ1n) is 12.3. The van der Waals surface area contributed by atoms with Gasteiger partial charge in [-0.1, -0.05) is 71.4 Å². The molecular weight excluding hydrogens is 438 g/mol. The van der Waals surface area contributed by atoms with E-state index in [0.29, 0.717) is 12.1 Å². The molecule has 0 saturated carbocycles. The SMILES string of the molecule is CCCCn1ccc(-c2ccc(OC)cc2)c(NC(=O)Nc2c(C(C)C)cccc2C(C)C)c1=O. The highest BCUT2D eigenvalue weighted by atomic mass is 16.5. The molecule has 6 heteroatoms. The smallest absolute Gasteiger partial charge is 0.323 e. The minimum atomic E-state index is -0.430. The number of hydrogen-bond donors (Lipinski definition) is 2. The monoisotopic (exact) mass is 475 g/mol. The molecule has 0 unspecified atom stereocenters. The van der Waals surface area contributed by atoms with Gasteiger partial charge in [-0.05, 0) is 53.1 Å². The summed E-state index contributed by atoms with van der Waals surface area (Å²) in [6.45, 7) is 11.1. The zero-order valence-electron chi connectivity index (χ0n) is 21.6. The van der Waals surface area contributed by atoms with Gasteiger partial charge in [-0.3, -0.25) is 4.79 Å². The molecular formula is C29H37N3O3. The minimum Gasteiger partial charge on any atom is -0.497 e. The summed E-state index contributed by atoms with van der Waals surface area (Å²) in [5, 5.41) is 5.95. The Morgan fingerprint density at radius 3 is 2.06 bits per heavy atom. The van der Waals surface area contributed by atoms with Crippen molar-refractivity contribution in [2.24, 2.45) is 0 Å². The van der Waals surface area contributed by atoms with E-state index in [1.807, 2.05) is 48.5 Å². The van der Waals surface area contributed by atoms with Crippen LogP contribution in [0.4, 0.5) is 16.2 Å². The van der Waals surface area contributed by atoms with Gasteiger partial charge in [-0.15, -0.1) is 0 Å². The summed E-state index contributed by atoms with van der Waals surface area (Å²) in [4.78, 5) is 26.7. The lowest BCUT2D eigenvalue weighted by atomic mass is 9.93. The van der Waals surface area contributed by atoms with Crippen molar-refractivity contribution in [1.82, 2.24) is 4.57 Å². The molecule has 2 amide bonds. The largest absolute Gasteiger partial charge is 0.497 e. The van der Waals surface area contributed by atoms with Crippen LogP contribution >= 0.6 is 0 Å². The average molecular weight is 476 g/mol. The average Bonchev–Trinajstić information content (AvgIpc) is 2.84. The number of pyridine rings is 1. The lowest BCUT2D eigenvalue weighted by Gasteiger charge is -2.21. The molecule has 0 bridgehead atoms. The molecule has 1 aromatic heterocycles. The fourth-order valence-corrected chi connectivity index (χ4v) is 4.16. The summed E-state index contributed by atoms with van der Waals surface area (Å²) < 4.78 is 6.93. The molecule has 3 rings (SSSR count). The van der Waals surface area contributed by atoms with E-state index >= 15 is 0 Å². The number of aromatic nitrogens is 1. The Labute approximate surface area is 208 Å². The first-order valence-corrected chi connectivity index (χ1v) is 12.3. The van der Waals surface area contributed by atoms with E-state index in [4.69, 9.17) is 4.74 Å². The van der Waals surface area contributed by atoms with Gasteiger partial charge in [0, 0.05) is 24.0 Å². The molecule has 1 heterocycles. The van der Waals surface area contributed by atoms with Gasteiger partial charge in [0.2, 0.25) is 0 Å². The summed E-state index contributed by atoms with van der Waals surface area (Å²) in [5.41, 5.74) is 4.48. The first-order chi connectivity index (χ1) is 16.8. The number of benzene rings is 2. The van der Waals surface area contributed by atoms with Crippen LogP contribution in [0.1, 0.15) is 70.4 Å². The summed E-state index contributed by atoms with van der Waals surface area (Å²) in [6.07, 6.45) is 3.65. The number of anilines is 2. The number of hydrogen-bond acceptors (Lipinski definition) is 3. The van der Waals surface area contributed by atoms with E-state index < -0.39 is 6.03 Å². The van der Waals surface area contributed by atoms with Gasteiger partial charge >= 0.3 is 6.03 Å². The Morgan fingerprint density at radius 2 is 1.51 bits per heavy atom. The third-order valence-corrected chi connectivity index (χ3v) is 6.17. The molecule has 0 radical (unpaired) electrons. The Balaban J connectivity index is 2.02. The number of carbonyl (C=O) groups excluding carboxylic acids is 1. The molecule has 0 aliphatic rings. The number of methoxy groups -OCH3 is 1. The number of urea groups is 1. The van der Waals surface area contributed by atoms with Crippen LogP contribution in [0.25, 0.3) is 11.1 Å². The van der Waals surface area contributed by atoms with Crippen LogP contribution in [-0.2, 0) is 6.54 Å². The number of ether oxygens (including phenoxy) is 1. The number of para-hydroxylation sites is 1. The van der Waals surface area contributed by atoms with Crippen molar-refractivity contribution >= 4 is 17.4 Å². The lowest BCUT2D eigenvalue weighted by molar-refractivity contribution is 0.262. The molecule has 186 valence electrons. The Bertz CT molecular complexity index is 1180. The maximum Gasteiger partial charge on any atom is 0.323 e. The Kier molecular flexibility index (Phi) is 8.74. The van der Waals surface area contributed by atoms with Crippen LogP contribution in [0.2, 0.25) is 0 Å². The molecule has 2 N–H and O–H groups in total. The van der Waals surface area contributed by atoms with Gasteiger partial charge in [0.25, 0.3) is 5.56 Å². The maximum absolute atomic E-state index is 13.4. The number of carbonyl (C=O) groups is 1. The zero-order chi connectivity index (χ0) is 25.5. The number of unbranched alkanes of at least 4 members (excludes halogenated alkanes) is 1. The highest BCUT2D eigenvalue weighted by Crippen LogP contribution is 2.33. The maximum atomic E-state index is 13.4. The molecule has 0 aliphatic carbocycles. The van der Waals surface area contributed by atoms with Crippen molar-refractivity contribution < 1.29 is 9.53 Å². The van der Waals surface area contributed by atoms with Gasteiger partial charge in [0.15, 0.2) is 0 Å². The van der Waals surface area contributed by atoms with Crippen molar-refractivity contribution in [3.05, 3.63) is 76.2 Å². The van der Waals surface area contributed by atoms with Crippen LogP contribution in [0, 0.1) is 0 Å². The van der Waals surface area contributed by atoms with Crippen molar-refractivity contribution in [1.29, 1.82) is 0 Å². The quantitative estimate of drug-likeness (QED) is 0.343. The third kappa shape index (κ3) is 6.13.